The van der Waals surface area contributed by atoms with Crippen LogP contribution in [0.3, 0.4) is 0 Å². The molecular weight excluding hydrogens is 484 g/mol. The number of nitrogens with two attached hydrogens (primary N) is 1. The maximum atomic E-state index is 12.6. The first-order valence-electron chi connectivity index (χ1n) is 9.66. The van der Waals surface area contributed by atoms with E-state index in [9.17, 15) is 15.0 Å². The summed E-state index contributed by atoms with van der Waals surface area (Å²) < 4.78 is 7.29. The number of ether oxygens (including phenoxy) is 1. The molecule has 6 nitrogen and oxygen atoms in total. The predicted octanol–water partition coefficient (Wildman–Crippen LogP) is 3.23. The number of halogens is 2. The van der Waals surface area contributed by atoms with Crippen LogP contribution in [0.5, 0.6) is 5.75 Å². The maximum Gasteiger partial charge on any atom is 0.224 e. The van der Waals surface area contributed by atoms with Gasteiger partial charge in [-0.15, -0.1) is 0 Å². The number of aromatic nitrogens is 1. The second kappa shape index (κ2) is 7.03. The van der Waals surface area contributed by atoms with Gasteiger partial charge in [-0.25, -0.2) is 0 Å². The maximum absolute atomic E-state index is 12.6. The highest BCUT2D eigenvalue weighted by molar-refractivity contribution is 9.10. The minimum absolute atomic E-state index is 0.122. The van der Waals surface area contributed by atoms with E-state index in [-0.39, 0.29) is 11.4 Å². The van der Waals surface area contributed by atoms with Crippen molar-refractivity contribution >= 4 is 33.4 Å². The van der Waals surface area contributed by atoms with Crippen LogP contribution in [0.25, 0.3) is 0 Å². The molecule has 5 rings (SSSR count). The Labute approximate surface area is 191 Å². The van der Waals surface area contributed by atoms with Gasteiger partial charge in [-0.3, -0.25) is 9.78 Å². The van der Waals surface area contributed by atoms with Crippen LogP contribution in [0, 0.1) is 5.92 Å². The lowest BCUT2D eigenvalue weighted by Crippen LogP contribution is -2.52. The van der Waals surface area contributed by atoms with Crippen LogP contribution in [-0.4, -0.2) is 27.2 Å². The first-order valence-corrected chi connectivity index (χ1v) is 10.8. The fraction of sp³-hybridized carbons (Fsp3) is 0.217. The van der Waals surface area contributed by atoms with E-state index in [1.807, 2.05) is 42.5 Å². The van der Waals surface area contributed by atoms with E-state index in [0.29, 0.717) is 16.1 Å². The first-order chi connectivity index (χ1) is 14.8. The van der Waals surface area contributed by atoms with Crippen molar-refractivity contribution in [1.29, 1.82) is 0 Å². The Balaban J connectivity index is 1.87. The summed E-state index contributed by atoms with van der Waals surface area (Å²) in [6.45, 7) is 0. The summed E-state index contributed by atoms with van der Waals surface area (Å²) in [5, 5.41) is 23.9. The Bertz CT molecular complexity index is 1180. The third-order valence-electron chi connectivity index (χ3n) is 6.34. The van der Waals surface area contributed by atoms with Crippen LogP contribution < -0.4 is 10.5 Å². The normalized spacial score (nSPS) is 31.0. The molecule has 1 aromatic heterocycles. The van der Waals surface area contributed by atoms with E-state index < -0.39 is 35.0 Å². The molecule has 31 heavy (non-hydrogen) atoms. The Morgan fingerprint density at radius 1 is 1.16 bits per heavy atom. The van der Waals surface area contributed by atoms with Gasteiger partial charge < -0.3 is 20.7 Å². The fourth-order valence-electron chi connectivity index (χ4n) is 5.15. The minimum atomic E-state index is -2.04. The number of hydrogen-bond acceptors (Lipinski definition) is 5. The van der Waals surface area contributed by atoms with Gasteiger partial charge in [0.1, 0.15) is 17.5 Å². The van der Waals surface area contributed by atoms with E-state index in [1.54, 1.807) is 18.2 Å². The second-order valence-electron chi connectivity index (χ2n) is 7.87. The van der Waals surface area contributed by atoms with Crippen molar-refractivity contribution in [1.82, 2.24) is 4.98 Å². The number of carbonyl (C=O) groups is 1. The van der Waals surface area contributed by atoms with Gasteiger partial charge in [0, 0.05) is 22.7 Å². The summed E-state index contributed by atoms with van der Waals surface area (Å²) in [5.74, 6) is -2.40. The topological polar surface area (TPSA) is 106 Å². The number of fused-ring (bicyclic) bond motifs is 3. The number of amides is 1. The summed E-state index contributed by atoms with van der Waals surface area (Å²) in [7, 11) is 0. The summed E-state index contributed by atoms with van der Waals surface area (Å²) >= 11 is 9.57. The van der Waals surface area contributed by atoms with Crippen molar-refractivity contribution in [3.8, 4) is 5.75 Å². The van der Waals surface area contributed by atoms with Gasteiger partial charge in [0.15, 0.2) is 11.2 Å². The van der Waals surface area contributed by atoms with Gasteiger partial charge in [-0.1, -0.05) is 70.0 Å². The van der Waals surface area contributed by atoms with Gasteiger partial charge in [0.05, 0.1) is 10.9 Å². The summed E-state index contributed by atoms with van der Waals surface area (Å²) in [4.78, 5) is 16.9. The lowest BCUT2D eigenvalue weighted by atomic mass is 9.71. The number of primary amides is 1. The Kier molecular flexibility index (Phi) is 4.64. The highest BCUT2D eigenvalue weighted by atomic mass is 79.9. The van der Waals surface area contributed by atoms with Gasteiger partial charge in [0.2, 0.25) is 5.91 Å². The second-order valence-corrected chi connectivity index (χ2v) is 9.22. The SMILES string of the molecule is NC(=O)[C@H]1[C@@H](O)C2(O)c3ncc(Cl)cc3O[C@@]2(c2ccc(Br)cc2)[C@@H]1c1ccccc1. The molecule has 0 bridgehead atoms. The molecule has 0 spiro atoms. The molecule has 0 saturated heterocycles. The van der Waals surface area contributed by atoms with Gasteiger partial charge in [-0.05, 0) is 23.3 Å². The van der Waals surface area contributed by atoms with Crippen LogP contribution >= 0.6 is 27.5 Å². The number of rotatable bonds is 3. The number of benzene rings is 2. The molecule has 1 aliphatic heterocycles. The van der Waals surface area contributed by atoms with Crippen molar-refractivity contribution in [2.24, 2.45) is 11.7 Å². The van der Waals surface area contributed by atoms with Crippen LogP contribution in [0.2, 0.25) is 5.02 Å². The Morgan fingerprint density at radius 2 is 1.84 bits per heavy atom. The minimum Gasteiger partial charge on any atom is -0.476 e. The summed E-state index contributed by atoms with van der Waals surface area (Å²) in [5.41, 5.74) is 3.56. The molecule has 2 aromatic carbocycles. The smallest absolute Gasteiger partial charge is 0.224 e. The molecule has 1 aliphatic carbocycles. The van der Waals surface area contributed by atoms with E-state index in [2.05, 4.69) is 20.9 Å². The van der Waals surface area contributed by atoms with Crippen LogP contribution in [0.4, 0.5) is 0 Å². The van der Waals surface area contributed by atoms with Gasteiger partial charge >= 0.3 is 0 Å². The van der Waals surface area contributed by atoms with Gasteiger partial charge in [-0.2, -0.15) is 0 Å². The zero-order valence-electron chi connectivity index (χ0n) is 16.1. The molecule has 5 atom stereocenters. The molecule has 2 aliphatic rings. The summed E-state index contributed by atoms with van der Waals surface area (Å²) in [6, 6.07) is 17.9. The number of hydrogen-bond donors (Lipinski definition) is 3. The number of aliphatic hydroxyl groups excluding tert-OH is 1. The molecular formula is C23H18BrClN2O4. The molecule has 1 amide bonds. The van der Waals surface area contributed by atoms with Crippen molar-refractivity contribution in [3.05, 3.63) is 93.2 Å². The highest BCUT2D eigenvalue weighted by Crippen LogP contribution is 2.68. The van der Waals surface area contributed by atoms with E-state index in [4.69, 9.17) is 22.1 Å². The van der Waals surface area contributed by atoms with Gasteiger partial charge in [0.25, 0.3) is 0 Å². The number of carbonyl (C=O) groups excluding carboxylic acids is 1. The summed E-state index contributed by atoms with van der Waals surface area (Å²) in [6.07, 6.45) is -0.185. The van der Waals surface area contributed by atoms with E-state index in [0.717, 1.165) is 4.47 Å². The zero-order valence-corrected chi connectivity index (χ0v) is 18.4. The molecule has 8 heteroatoms. The van der Waals surface area contributed by atoms with Crippen LogP contribution in [0.1, 0.15) is 22.7 Å². The van der Waals surface area contributed by atoms with E-state index in [1.165, 1.54) is 6.20 Å². The largest absolute Gasteiger partial charge is 0.476 e. The predicted molar refractivity (Wildman–Crippen MR) is 117 cm³/mol. The molecule has 1 saturated carbocycles. The standard InChI is InChI=1S/C23H18BrClN2O4/c24-14-8-6-13(7-9-14)23-18(12-4-2-1-3-5-12)17(21(26)29)20(28)22(23,30)19-16(31-23)10-15(25)11-27-19/h1-11,17-18,20,28,30H,(H2,26,29)/t17-,18-,20-,22?,23+/m1/s1. The monoisotopic (exact) mass is 500 g/mol. The molecule has 1 fully saturated rings. The first kappa shape index (κ1) is 20.5. The Hall–Kier alpha value is -2.45. The average Bonchev–Trinajstić information content (AvgIpc) is 3.12. The molecule has 4 N–H and O–H groups in total. The third-order valence-corrected chi connectivity index (χ3v) is 7.08. The van der Waals surface area contributed by atoms with Crippen LogP contribution in [-0.2, 0) is 16.0 Å². The molecule has 158 valence electrons. The quantitative estimate of drug-likeness (QED) is 0.511. The highest BCUT2D eigenvalue weighted by Gasteiger charge is 2.77. The number of nitrogens with zero attached hydrogens (tertiary/aromatic N) is 1. The Morgan fingerprint density at radius 3 is 2.48 bits per heavy atom. The van der Waals surface area contributed by atoms with Crippen molar-refractivity contribution < 1.29 is 19.7 Å². The van der Waals surface area contributed by atoms with Crippen molar-refractivity contribution in [3.63, 3.8) is 0 Å². The average molecular weight is 502 g/mol. The lowest BCUT2D eigenvalue weighted by molar-refractivity contribution is -0.155. The fourth-order valence-corrected chi connectivity index (χ4v) is 5.56. The zero-order chi connectivity index (χ0) is 22.0. The van der Waals surface area contributed by atoms with E-state index >= 15 is 0 Å². The number of pyridine rings is 1. The lowest BCUT2D eigenvalue weighted by Gasteiger charge is -2.40. The van der Waals surface area contributed by atoms with Crippen LogP contribution in [0.15, 0.2) is 71.3 Å². The molecule has 3 aromatic rings. The van der Waals surface area contributed by atoms with Crippen molar-refractivity contribution in [2.45, 2.75) is 23.2 Å². The molecule has 1 unspecified atom stereocenters. The molecule has 0 radical (unpaired) electrons. The molecule has 2 heterocycles. The van der Waals surface area contributed by atoms with Crippen molar-refractivity contribution in [2.75, 3.05) is 0 Å². The number of aliphatic hydroxyl groups is 2. The third kappa shape index (κ3) is 2.64.